The molecule has 1 unspecified atom stereocenters. The van der Waals surface area contributed by atoms with Crippen molar-refractivity contribution in [3.63, 3.8) is 0 Å². The molecule has 0 spiro atoms. The zero-order chi connectivity index (χ0) is 20.0. The van der Waals surface area contributed by atoms with E-state index in [4.69, 9.17) is 4.74 Å². The fraction of sp³-hybridized carbons (Fsp3) is 0.235. The van der Waals surface area contributed by atoms with E-state index in [0.717, 1.165) is 5.56 Å². The number of H-pyrrole nitrogens is 1. The molecule has 0 radical (unpaired) electrons. The molecule has 0 fully saturated rings. The summed E-state index contributed by atoms with van der Waals surface area (Å²) in [7, 11) is -4.49. The Balaban J connectivity index is 2.50. The number of aromatic nitrogens is 2. The Morgan fingerprint density at radius 1 is 1.37 bits per heavy atom. The van der Waals surface area contributed by atoms with Gasteiger partial charge in [-0.05, 0) is 19.1 Å². The Morgan fingerprint density at radius 3 is 2.56 bits per heavy atom. The average Bonchev–Trinajstić information content (AvgIpc) is 3.12. The summed E-state index contributed by atoms with van der Waals surface area (Å²) in [6, 6.07) is 3.96. The van der Waals surface area contributed by atoms with Crippen LogP contribution >= 0.6 is 0 Å². The van der Waals surface area contributed by atoms with Crippen LogP contribution in [0.3, 0.4) is 0 Å². The zero-order valence-electron chi connectivity index (χ0n) is 14.5. The molecular weight excluding hydrogens is 374 g/mol. The third kappa shape index (κ3) is 4.73. The number of nitrogens with one attached hydrogen (secondary N) is 1. The van der Waals surface area contributed by atoms with Crippen molar-refractivity contribution in [2.75, 3.05) is 6.61 Å². The summed E-state index contributed by atoms with van der Waals surface area (Å²) in [6.45, 7) is 4.89. The molecule has 1 amide bonds. The molecule has 144 valence electrons. The highest BCUT2D eigenvalue weighted by atomic mass is 32.2. The molecule has 0 aliphatic carbocycles. The Hall–Kier alpha value is -3.14. The Labute approximate surface area is 156 Å². The van der Waals surface area contributed by atoms with Crippen LogP contribution in [0.15, 0.2) is 54.3 Å². The molecule has 0 saturated carbocycles. The summed E-state index contributed by atoms with van der Waals surface area (Å²) in [5.74, 6) is -1.50. The van der Waals surface area contributed by atoms with Gasteiger partial charge in [0.1, 0.15) is 6.61 Å². The van der Waals surface area contributed by atoms with Crippen LogP contribution in [-0.4, -0.2) is 52.5 Å². The number of carbonyl (C=O) groups is 2. The van der Waals surface area contributed by atoms with Gasteiger partial charge in [-0.1, -0.05) is 30.4 Å². The minimum atomic E-state index is -4.49. The number of carboxylic acids is 1. The van der Waals surface area contributed by atoms with Crippen molar-refractivity contribution >= 4 is 22.1 Å². The number of aromatic amines is 1. The summed E-state index contributed by atoms with van der Waals surface area (Å²) in [5.41, 5.74) is 1.16. The number of aliphatic carboxylic acids is 1. The standard InChI is InChI=1S/C17H19N3O6S/c1-3-8-26-17(23)20(15(16(21)22)9-13-10-18-11-19-13)27(24,25)14-6-4-12(2)5-7-14/h3-7,10-11,15H,1,8-9H2,2H3,(H,18,19)(H,21,22). The highest BCUT2D eigenvalue weighted by molar-refractivity contribution is 7.89. The lowest BCUT2D eigenvalue weighted by atomic mass is 10.2. The summed E-state index contributed by atoms with van der Waals surface area (Å²) >= 11 is 0. The van der Waals surface area contributed by atoms with Gasteiger partial charge in [0.25, 0.3) is 10.0 Å². The van der Waals surface area contributed by atoms with E-state index in [1.165, 1.54) is 30.7 Å². The van der Waals surface area contributed by atoms with E-state index < -0.39 is 28.1 Å². The summed E-state index contributed by atoms with van der Waals surface area (Å²) in [5, 5.41) is 9.60. The van der Waals surface area contributed by atoms with Gasteiger partial charge in [0.2, 0.25) is 0 Å². The van der Waals surface area contributed by atoms with Crippen molar-refractivity contribution in [2.45, 2.75) is 24.3 Å². The average molecular weight is 393 g/mol. The number of sulfonamides is 1. The van der Waals surface area contributed by atoms with Gasteiger partial charge in [-0.2, -0.15) is 4.31 Å². The van der Waals surface area contributed by atoms with Gasteiger partial charge in [-0.25, -0.2) is 23.0 Å². The van der Waals surface area contributed by atoms with Gasteiger partial charge >= 0.3 is 12.1 Å². The van der Waals surface area contributed by atoms with Gasteiger partial charge in [-0.3, -0.25) is 0 Å². The van der Waals surface area contributed by atoms with Crippen LogP contribution in [0.4, 0.5) is 4.79 Å². The third-order valence-corrected chi connectivity index (χ3v) is 5.41. The number of aryl methyl sites for hydroxylation is 1. The maximum Gasteiger partial charge on any atom is 0.424 e. The number of hydrogen-bond donors (Lipinski definition) is 2. The lowest BCUT2D eigenvalue weighted by molar-refractivity contribution is -0.141. The molecule has 0 bridgehead atoms. The molecule has 2 rings (SSSR count). The summed E-state index contributed by atoms with van der Waals surface area (Å²) in [6.07, 6.45) is 2.32. The SMILES string of the molecule is C=CCOC(=O)N(C(Cc1cnc[nH]1)C(=O)O)S(=O)(=O)c1ccc(C)cc1. The summed E-state index contributed by atoms with van der Waals surface area (Å²) in [4.78, 5) is 30.5. The third-order valence-electron chi connectivity index (χ3n) is 3.62. The van der Waals surface area contributed by atoms with Crippen LogP contribution < -0.4 is 0 Å². The fourth-order valence-electron chi connectivity index (χ4n) is 2.29. The van der Waals surface area contributed by atoms with E-state index in [1.807, 2.05) is 0 Å². The first-order chi connectivity index (χ1) is 12.8. The second kappa shape index (κ2) is 8.49. The minimum Gasteiger partial charge on any atom is -0.480 e. The highest BCUT2D eigenvalue weighted by Crippen LogP contribution is 2.22. The van der Waals surface area contributed by atoms with Crippen molar-refractivity contribution in [2.24, 2.45) is 0 Å². The molecule has 0 aliphatic rings. The number of carboxylic acid groups (broad SMARTS) is 1. The van der Waals surface area contributed by atoms with Crippen molar-refractivity contribution < 1.29 is 27.9 Å². The molecule has 2 N–H and O–H groups in total. The quantitative estimate of drug-likeness (QED) is 0.653. The van der Waals surface area contributed by atoms with Crippen molar-refractivity contribution in [3.05, 3.63) is 60.7 Å². The van der Waals surface area contributed by atoms with Crippen molar-refractivity contribution in [1.82, 2.24) is 14.3 Å². The number of carbonyl (C=O) groups excluding carboxylic acids is 1. The molecule has 0 saturated heterocycles. The molecule has 1 atom stereocenters. The smallest absolute Gasteiger partial charge is 0.424 e. The molecule has 0 aliphatic heterocycles. The predicted octanol–water partition coefficient (Wildman–Crippen LogP) is 1.73. The van der Waals surface area contributed by atoms with Gasteiger partial charge in [0.15, 0.2) is 6.04 Å². The number of rotatable bonds is 8. The molecule has 1 heterocycles. The fourth-order valence-corrected chi connectivity index (χ4v) is 3.74. The van der Waals surface area contributed by atoms with E-state index in [0.29, 0.717) is 5.69 Å². The maximum atomic E-state index is 13.0. The van der Waals surface area contributed by atoms with E-state index in [9.17, 15) is 23.1 Å². The van der Waals surface area contributed by atoms with Crippen molar-refractivity contribution in [3.8, 4) is 0 Å². The van der Waals surface area contributed by atoms with Gasteiger partial charge in [0.05, 0.1) is 11.2 Å². The van der Waals surface area contributed by atoms with Crippen LogP contribution in [0.1, 0.15) is 11.3 Å². The largest absolute Gasteiger partial charge is 0.480 e. The van der Waals surface area contributed by atoms with E-state index in [2.05, 4.69) is 16.5 Å². The number of benzene rings is 1. The van der Waals surface area contributed by atoms with Crippen LogP contribution in [-0.2, 0) is 26.0 Å². The van der Waals surface area contributed by atoms with Crippen LogP contribution in [0, 0.1) is 6.92 Å². The molecule has 2 aromatic rings. The van der Waals surface area contributed by atoms with Crippen LogP contribution in [0.2, 0.25) is 0 Å². The van der Waals surface area contributed by atoms with E-state index >= 15 is 0 Å². The number of nitrogens with zero attached hydrogens (tertiary/aromatic N) is 2. The predicted molar refractivity (Wildman–Crippen MR) is 95.5 cm³/mol. The zero-order valence-corrected chi connectivity index (χ0v) is 15.3. The number of amides is 1. The molecular formula is C17H19N3O6S. The van der Waals surface area contributed by atoms with E-state index in [1.54, 1.807) is 19.1 Å². The second-order valence-corrected chi connectivity index (χ2v) is 7.43. The Bertz CT molecular complexity index is 907. The van der Waals surface area contributed by atoms with Gasteiger partial charge in [0, 0.05) is 18.3 Å². The molecule has 27 heavy (non-hydrogen) atoms. The number of ether oxygens (including phenoxy) is 1. The lowest BCUT2D eigenvalue weighted by Crippen LogP contribution is -2.50. The molecule has 1 aromatic heterocycles. The minimum absolute atomic E-state index is 0.223. The lowest BCUT2D eigenvalue weighted by Gasteiger charge is -2.27. The van der Waals surface area contributed by atoms with Crippen LogP contribution in [0.25, 0.3) is 0 Å². The van der Waals surface area contributed by atoms with Crippen molar-refractivity contribution in [1.29, 1.82) is 0 Å². The topological polar surface area (TPSA) is 130 Å². The molecule has 1 aromatic carbocycles. The number of hydrogen-bond acceptors (Lipinski definition) is 6. The first-order valence-electron chi connectivity index (χ1n) is 7.86. The molecule has 10 heteroatoms. The van der Waals surface area contributed by atoms with Gasteiger partial charge < -0.3 is 14.8 Å². The monoisotopic (exact) mass is 393 g/mol. The maximum absolute atomic E-state index is 13.0. The highest BCUT2D eigenvalue weighted by Gasteiger charge is 2.41. The normalized spacial score (nSPS) is 12.2. The second-order valence-electron chi connectivity index (χ2n) is 5.61. The Morgan fingerprint density at radius 2 is 2.04 bits per heavy atom. The molecule has 9 nitrogen and oxygen atoms in total. The first-order valence-corrected chi connectivity index (χ1v) is 9.30. The van der Waals surface area contributed by atoms with Gasteiger partial charge in [-0.15, -0.1) is 0 Å². The summed E-state index contributed by atoms with van der Waals surface area (Å²) < 4.78 is 31.1. The Kier molecular flexibility index (Phi) is 6.35. The number of imidazole rings is 1. The van der Waals surface area contributed by atoms with E-state index in [-0.39, 0.29) is 22.2 Å². The van der Waals surface area contributed by atoms with Crippen LogP contribution in [0.5, 0.6) is 0 Å². The first kappa shape index (κ1) is 20.2.